The van der Waals surface area contributed by atoms with Crippen molar-refractivity contribution in [3.63, 3.8) is 0 Å². The van der Waals surface area contributed by atoms with E-state index in [2.05, 4.69) is 10.6 Å². The lowest BCUT2D eigenvalue weighted by Gasteiger charge is -2.10. The van der Waals surface area contributed by atoms with Crippen LogP contribution in [0.15, 0.2) is 36.4 Å². The maximum absolute atomic E-state index is 13.3. The molecular weight excluding hydrogens is 345 g/mol. The van der Waals surface area contributed by atoms with E-state index in [4.69, 9.17) is 16.3 Å². The second-order valence-corrected chi connectivity index (χ2v) is 5.19. The summed E-state index contributed by atoms with van der Waals surface area (Å²) in [4.78, 5) is 11.6. The number of carbonyl (C=O) groups excluding carboxylic acids is 1. The molecule has 0 spiro atoms. The predicted molar refractivity (Wildman–Crippen MR) is 83.5 cm³/mol. The van der Waals surface area contributed by atoms with E-state index in [0.29, 0.717) is 11.6 Å². The van der Waals surface area contributed by atoms with Gasteiger partial charge in [0, 0.05) is 12.6 Å². The summed E-state index contributed by atoms with van der Waals surface area (Å²) in [5.41, 5.74) is 0.640. The van der Waals surface area contributed by atoms with E-state index < -0.39 is 23.5 Å². The molecule has 2 aromatic rings. The third kappa shape index (κ3) is 5.34. The van der Waals surface area contributed by atoms with Crippen molar-refractivity contribution >= 4 is 17.6 Å². The van der Waals surface area contributed by atoms with Gasteiger partial charge in [0.15, 0.2) is 11.6 Å². The Hall–Kier alpha value is -2.41. The van der Waals surface area contributed by atoms with Gasteiger partial charge in [-0.2, -0.15) is 0 Å². The van der Waals surface area contributed by atoms with E-state index in [1.807, 2.05) is 0 Å². The molecule has 24 heavy (non-hydrogen) atoms. The number of hydrogen-bond donors (Lipinski definition) is 2. The van der Waals surface area contributed by atoms with Crippen LogP contribution in [0.4, 0.5) is 18.0 Å². The fourth-order valence-electron chi connectivity index (χ4n) is 1.81. The normalized spacial score (nSPS) is 10.3. The summed E-state index contributed by atoms with van der Waals surface area (Å²) in [7, 11) is 0. The molecule has 0 unspecified atom stereocenters. The summed E-state index contributed by atoms with van der Waals surface area (Å²) in [5, 5.41) is 5.03. The fraction of sp³-hybridized carbons (Fsp3) is 0.188. The number of urea groups is 1. The lowest BCUT2D eigenvalue weighted by molar-refractivity contribution is 0.235. The summed E-state index contributed by atoms with van der Waals surface area (Å²) in [6, 6.07) is 6.61. The predicted octanol–water partition coefficient (Wildman–Crippen LogP) is 3.64. The average Bonchev–Trinajstić information content (AvgIpc) is 2.54. The number of rotatable bonds is 6. The van der Waals surface area contributed by atoms with Crippen molar-refractivity contribution in [1.29, 1.82) is 0 Å². The highest BCUT2D eigenvalue weighted by Gasteiger charge is 2.06. The van der Waals surface area contributed by atoms with Crippen LogP contribution in [0.25, 0.3) is 0 Å². The van der Waals surface area contributed by atoms with Crippen molar-refractivity contribution < 1.29 is 22.7 Å². The van der Waals surface area contributed by atoms with Crippen molar-refractivity contribution in [2.24, 2.45) is 0 Å². The summed E-state index contributed by atoms with van der Waals surface area (Å²) in [6.07, 6.45) is 0. The maximum atomic E-state index is 13.3. The van der Waals surface area contributed by atoms with Gasteiger partial charge in [0.05, 0.1) is 11.6 Å². The highest BCUT2D eigenvalue weighted by atomic mass is 35.5. The van der Waals surface area contributed by atoms with E-state index in [1.54, 1.807) is 0 Å². The Bertz CT molecular complexity index is 728. The molecule has 4 nitrogen and oxygen atoms in total. The molecule has 0 atom stereocenters. The zero-order chi connectivity index (χ0) is 17.5. The van der Waals surface area contributed by atoms with E-state index in [0.717, 1.165) is 6.07 Å². The molecule has 2 amide bonds. The first kappa shape index (κ1) is 17.9. The number of nitrogens with one attached hydrogen (secondary N) is 2. The molecule has 0 saturated carbocycles. The van der Waals surface area contributed by atoms with Gasteiger partial charge < -0.3 is 15.4 Å². The third-order valence-corrected chi connectivity index (χ3v) is 3.27. The van der Waals surface area contributed by atoms with Crippen LogP contribution in [-0.2, 0) is 6.54 Å². The van der Waals surface area contributed by atoms with Crippen LogP contribution in [0.1, 0.15) is 5.56 Å². The summed E-state index contributed by atoms with van der Waals surface area (Å²) >= 11 is 5.64. The van der Waals surface area contributed by atoms with Crippen LogP contribution in [0, 0.1) is 17.5 Å². The SMILES string of the molecule is O=C(NCCOc1ccc(F)cc1F)NCc1ccc(F)c(Cl)c1. The smallest absolute Gasteiger partial charge is 0.315 e. The minimum atomic E-state index is -0.812. The molecule has 8 heteroatoms. The van der Waals surface area contributed by atoms with Gasteiger partial charge in [-0.05, 0) is 29.8 Å². The first-order chi connectivity index (χ1) is 11.5. The minimum absolute atomic E-state index is 0.0123. The number of hydrogen-bond acceptors (Lipinski definition) is 2. The van der Waals surface area contributed by atoms with Crippen molar-refractivity contribution in [2.45, 2.75) is 6.54 Å². The topological polar surface area (TPSA) is 50.4 Å². The Balaban J connectivity index is 1.68. The van der Waals surface area contributed by atoms with Gasteiger partial charge in [-0.1, -0.05) is 17.7 Å². The quantitative estimate of drug-likeness (QED) is 0.775. The van der Waals surface area contributed by atoms with E-state index in [9.17, 15) is 18.0 Å². The zero-order valence-electron chi connectivity index (χ0n) is 12.4. The van der Waals surface area contributed by atoms with Gasteiger partial charge in [0.1, 0.15) is 18.2 Å². The van der Waals surface area contributed by atoms with Gasteiger partial charge in [0.25, 0.3) is 0 Å². The Morgan fingerprint density at radius 3 is 2.54 bits per heavy atom. The molecular formula is C16H14ClF3N2O2. The van der Waals surface area contributed by atoms with Crippen LogP contribution < -0.4 is 15.4 Å². The Morgan fingerprint density at radius 2 is 1.83 bits per heavy atom. The van der Waals surface area contributed by atoms with Crippen LogP contribution >= 0.6 is 11.6 Å². The van der Waals surface area contributed by atoms with Crippen molar-refractivity contribution in [1.82, 2.24) is 10.6 Å². The first-order valence-electron chi connectivity index (χ1n) is 6.99. The number of amides is 2. The second kappa shape index (κ2) is 8.44. The largest absolute Gasteiger partial charge is 0.489 e. The molecule has 0 saturated heterocycles. The van der Waals surface area contributed by atoms with Gasteiger partial charge in [-0.25, -0.2) is 18.0 Å². The summed E-state index contributed by atoms with van der Waals surface area (Å²) in [6.45, 7) is 0.296. The Labute approximate surface area is 141 Å². The summed E-state index contributed by atoms with van der Waals surface area (Å²) in [5.74, 6) is -2.14. The van der Waals surface area contributed by atoms with Gasteiger partial charge in [0.2, 0.25) is 0 Å². The first-order valence-corrected chi connectivity index (χ1v) is 7.37. The molecule has 128 valence electrons. The van der Waals surface area contributed by atoms with Crippen LogP contribution in [0.5, 0.6) is 5.75 Å². The maximum Gasteiger partial charge on any atom is 0.315 e. The van der Waals surface area contributed by atoms with Gasteiger partial charge >= 0.3 is 6.03 Å². The highest BCUT2D eigenvalue weighted by molar-refractivity contribution is 6.30. The highest BCUT2D eigenvalue weighted by Crippen LogP contribution is 2.17. The molecule has 0 aliphatic rings. The molecule has 0 bridgehead atoms. The number of carbonyl (C=O) groups is 1. The fourth-order valence-corrected chi connectivity index (χ4v) is 2.02. The lowest BCUT2D eigenvalue weighted by atomic mass is 10.2. The van der Waals surface area contributed by atoms with Crippen LogP contribution in [0.3, 0.4) is 0 Å². The molecule has 2 N–H and O–H groups in total. The number of halogens is 4. The van der Waals surface area contributed by atoms with Gasteiger partial charge in [-0.15, -0.1) is 0 Å². The van der Waals surface area contributed by atoms with Crippen molar-refractivity contribution in [3.05, 3.63) is 64.4 Å². The molecule has 0 heterocycles. The monoisotopic (exact) mass is 358 g/mol. The molecule has 0 fully saturated rings. The Kier molecular flexibility index (Phi) is 6.31. The minimum Gasteiger partial charge on any atom is -0.489 e. The van der Waals surface area contributed by atoms with Crippen LogP contribution in [0.2, 0.25) is 5.02 Å². The standard InChI is InChI=1S/C16H14ClF3N2O2/c17-12-7-10(1-3-13(12)19)9-22-16(23)21-5-6-24-15-4-2-11(18)8-14(15)20/h1-4,7-8H,5-6,9H2,(H2,21,22,23). The molecule has 2 rings (SSSR count). The molecule has 0 aromatic heterocycles. The van der Waals surface area contributed by atoms with Crippen LogP contribution in [-0.4, -0.2) is 19.2 Å². The molecule has 2 aromatic carbocycles. The number of benzene rings is 2. The molecule has 0 radical (unpaired) electrons. The molecule has 0 aliphatic heterocycles. The van der Waals surface area contributed by atoms with Crippen molar-refractivity contribution in [3.8, 4) is 5.75 Å². The third-order valence-electron chi connectivity index (χ3n) is 2.98. The second-order valence-electron chi connectivity index (χ2n) is 4.78. The zero-order valence-corrected chi connectivity index (χ0v) is 13.2. The van der Waals surface area contributed by atoms with E-state index >= 15 is 0 Å². The van der Waals surface area contributed by atoms with Gasteiger partial charge in [-0.3, -0.25) is 0 Å². The Morgan fingerprint density at radius 1 is 1.04 bits per heavy atom. The number of ether oxygens (including phenoxy) is 1. The van der Waals surface area contributed by atoms with E-state index in [-0.39, 0.29) is 30.5 Å². The summed E-state index contributed by atoms with van der Waals surface area (Å²) < 4.78 is 44.1. The average molecular weight is 359 g/mol. The van der Waals surface area contributed by atoms with Crippen molar-refractivity contribution in [2.75, 3.05) is 13.2 Å². The molecule has 0 aliphatic carbocycles. The van der Waals surface area contributed by atoms with E-state index in [1.165, 1.54) is 24.3 Å². The lowest BCUT2D eigenvalue weighted by Crippen LogP contribution is -2.37.